The van der Waals surface area contributed by atoms with E-state index in [9.17, 15) is 0 Å². The summed E-state index contributed by atoms with van der Waals surface area (Å²) >= 11 is 0. The second-order valence-electron chi connectivity index (χ2n) is 4.43. The molecule has 1 aromatic rings. The summed E-state index contributed by atoms with van der Waals surface area (Å²) in [5, 5.41) is 3.16. The lowest BCUT2D eigenvalue weighted by Crippen LogP contribution is -2.32. The highest BCUT2D eigenvalue weighted by molar-refractivity contribution is 5.41. The fourth-order valence-corrected chi connectivity index (χ4v) is 1.93. The van der Waals surface area contributed by atoms with Crippen molar-refractivity contribution in [3.63, 3.8) is 0 Å². The maximum absolute atomic E-state index is 5.45. The van der Waals surface area contributed by atoms with Crippen molar-refractivity contribution in [3.8, 4) is 0 Å². The summed E-state index contributed by atoms with van der Waals surface area (Å²) in [6.45, 7) is 9.43. The first kappa shape index (κ1) is 16.9. The molecule has 0 saturated heterocycles. The fraction of sp³-hybridized carbons (Fsp3) is 0.667. The van der Waals surface area contributed by atoms with Gasteiger partial charge in [0, 0.05) is 39.0 Å². The van der Waals surface area contributed by atoms with Gasteiger partial charge in [-0.25, -0.2) is 4.98 Å². The summed E-state index contributed by atoms with van der Waals surface area (Å²) in [6, 6.07) is 4.15. The van der Waals surface area contributed by atoms with Crippen LogP contribution in [0.15, 0.2) is 18.3 Å². The van der Waals surface area contributed by atoms with Crippen molar-refractivity contribution in [1.82, 2.24) is 10.3 Å². The van der Waals surface area contributed by atoms with Crippen molar-refractivity contribution in [2.45, 2.75) is 20.4 Å². The number of anilines is 1. The molecule has 5 heteroatoms. The van der Waals surface area contributed by atoms with E-state index in [0.717, 1.165) is 38.7 Å². The Hall–Kier alpha value is -1.17. The smallest absolute Gasteiger partial charge is 0.128 e. The largest absolute Gasteiger partial charge is 0.380 e. The Kier molecular flexibility index (Phi) is 8.95. The van der Waals surface area contributed by atoms with E-state index in [-0.39, 0.29) is 0 Å². The van der Waals surface area contributed by atoms with E-state index in [4.69, 9.17) is 9.47 Å². The molecule has 1 N–H and O–H groups in total. The standard InChI is InChI=1S/C15H27N3O2/c1-4-19-10-8-18(9-11-20-5-2)15-12-14(13-16-3)6-7-17-15/h6-7,12,16H,4-5,8-11,13H2,1-3H3. The van der Waals surface area contributed by atoms with Gasteiger partial charge in [0.25, 0.3) is 0 Å². The van der Waals surface area contributed by atoms with Gasteiger partial charge in [0.1, 0.15) is 5.82 Å². The molecule has 5 nitrogen and oxygen atoms in total. The molecule has 0 bridgehead atoms. The number of nitrogens with zero attached hydrogens (tertiary/aromatic N) is 2. The first-order valence-electron chi connectivity index (χ1n) is 7.31. The summed E-state index contributed by atoms with van der Waals surface area (Å²) in [7, 11) is 1.95. The molecule has 20 heavy (non-hydrogen) atoms. The number of nitrogens with one attached hydrogen (secondary N) is 1. The van der Waals surface area contributed by atoms with Crippen LogP contribution < -0.4 is 10.2 Å². The predicted molar refractivity (Wildman–Crippen MR) is 82.2 cm³/mol. The molecule has 0 amide bonds. The van der Waals surface area contributed by atoms with Crippen LogP contribution in [0.3, 0.4) is 0 Å². The lowest BCUT2D eigenvalue weighted by molar-refractivity contribution is 0.141. The molecule has 0 aromatic carbocycles. The van der Waals surface area contributed by atoms with Gasteiger partial charge in [0.15, 0.2) is 0 Å². The van der Waals surface area contributed by atoms with Crippen molar-refractivity contribution in [2.75, 3.05) is 51.5 Å². The number of hydrogen-bond acceptors (Lipinski definition) is 5. The third-order valence-electron chi connectivity index (χ3n) is 2.93. The van der Waals surface area contributed by atoms with Gasteiger partial charge >= 0.3 is 0 Å². The number of hydrogen-bond donors (Lipinski definition) is 1. The summed E-state index contributed by atoms with van der Waals surface area (Å²) < 4.78 is 10.9. The highest BCUT2D eigenvalue weighted by Crippen LogP contribution is 2.12. The van der Waals surface area contributed by atoms with Gasteiger partial charge in [-0.3, -0.25) is 0 Å². The van der Waals surface area contributed by atoms with Crippen molar-refractivity contribution >= 4 is 5.82 Å². The van der Waals surface area contributed by atoms with Crippen molar-refractivity contribution < 1.29 is 9.47 Å². The van der Waals surface area contributed by atoms with E-state index in [1.807, 2.05) is 33.2 Å². The van der Waals surface area contributed by atoms with Crippen LogP contribution in [0.25, 0.3) is 0 Å². The Morgan fingerprint density at radius 2 is 1.80 bits per heavy atom. The molecular formula is C15H27N3O2. The van der Waals surface area contributed by atoms with Crippen molar-refractivity contribution in [1.29, 1.82) is 0 Å². The molecule has 0 atom stereocenters. The average Bonchev–Trinajstić information content (AvgIpc) is 2.47. The van der Waals surface area contributed by atoms with E-state index in [1.54, 1.807) is 0 Å². The highest BCUT2D eigenvalue weighted by Gasteiger charge is 2.08. The van der Waals surface area contributed by atoms with E-state index in [1.165, 1.54) is 5.56 Å². The maximum Gasteiger partial charge on any atom is 0.128 e. The van der Waals surface area contributed by atoms with Gasteiger partial charge < -0.3 is 19.7 Å². The zero-order valence-electron chi connectivity index (χ0n) is 12.9. The lowest BCUT2D eigenvalue weighted by atomic mass is 10.2. The van der Waals surface area contributed by atoms with E-state index >= 15 is 0 Å². The molecule has 1 rings (SSSR count). The molecule has 1 aromatic heterocycles. The predicted octanol–water partition coefficient (Wildman–Crippen LogP) is 1.68. The minimum absolute atomic E-state index is 0.709. The fourth-order valence-electron chi connectivity index (χ4n) is 1.93. The van der Waals surface area contributed by atoms with Crippen molar-refractivity contribution in [3.05, 3.63) is 23.9 Å². The number of aromatic nitrogens is 1. The first-order valence-corrected chi connectivity index (χ1v) is 7.31. The Bertz CT molecular complexity index is 351. The van der Waals surface area contributed by atoms with Crippen LogP contribution in [-0.2, 0) is 16.0 Å². The van der Waals surface area contributed by atoms with E-state index in [0.29, 0.717) is 13.2 Å². The van der Waals surface area contributed by atoms with Crippen LogP contribution in [0.1, 0.15) is 19.4 Å². The van der Waals surface area contributed by atoms with Crippen LogP contribution in [0, 0.1) is 0 Å². The van der Waals surface area contributed by atoms with Crippen LogP contribution in [0.2, 0.25) is 0 Å². The molecule has 0 unspecified atom stereocenters. The maximum atomic E-state index is 5.45. The monoisotopic (exact) mass is 281 g/mol. The third-order valence-corrected chi connectivity index (χ3v) is 2.93. The summed E-state index contributed by atoms with van der Waals surface area (Å²) in [6.07, 6.45) is 1.86. The summed E-state index contributed by atoms with van der Waals surface area (Å²) in [4.78, 5) is 6.68. The average molecular weight is 281 g/mol. The Labute approximate surface area is 122 Å². The third kappa shape index (κ3) is 6.32. The van der Waals surface area contributed by atoms with Crippen LogP contribution in [0.5, 0.6) is 0 Å². The van der Waals surface area contributed by atoms with Gasteiger partial charge in [0.2, 0.25) is 0 Å². The molecule has 0 radical (unpaired) electrons. The Balaban J connectivity index is 2.65. The first-order chi connectivity index (χ1) is 9.81. The van der Waals surface area contributed by atoms with Gasteiger partial charge in [-0.2, -0.15) is 0 Å². The molecule has 0 aliphatic heterocycles. The second kappa shape index (κ2) is 10.6. The van der Waals surface area contributed by atoms with E-state index < -0.39 is 0 Å². The van der Waals surface area contributed by atoms with Crippen LogP contribution in [0.4, 0.5) is 5.82 Å². The Morgan fingerprint density at radius 1 is 1.15 bits per heavy atom. The zero-order chi connectivity index (χ0) is 14.6. The number of pyridine rings is 1. The van der Waals surface area contributed by atoms with Gasteiger partial charge in [-0.15, -0.1) is 0 Å². The molecule has 0 aliphatic carbocycles. The Morgan fingerprint density at radius 3 is 2.35 bits per heavy atom. The zero-order valence-corrected chi connectivity index (χ0v) is 12.9. The lowest BCUT2D eigenvalue weighted by Gasteiger charge is -2.24. The van der Waals surface area contributed by atoms with Gasteiger partial charge in [0.05, 0.1) is 13.2 Å². The molecule has 0 spiro atoms. The molecule has 0 aliphatic rings. The minimum atomic E-state index is 0.709. The normalized spacial score (nSPS) is 10.8. The second-order valence-corrected chi connectivity index (χ2v) is 4.43. The molecular weight excluding hydrogens is 254 g/mol. The quantitative estimate of drug-likeness (QED) is 0.625. The molecule has 0 fully saturated rings. The molecule has 0 saturated carbocycles. The highest BCUT2D eigenvalue weighted by atomic mass is 16.5. The summed E-state index contributed by atoms with van der Waals surface area (Å²) in [5.41, 5.74) is 1.23. The number of ether oxygens (including phenoxy) is 2. The summed E-state index contributed by atoms with van der Waals surface area (Å²) in [5.74, 6) is 0.983. The topological polar surface area (TPSA) is 46.6 Å². The van der Waals surface area contributed by atoms with Crippen molar-refractivity contribution in [2.24, 2.45) is 0 Å². The van der Waals surface area contributed by atoms with Gasteiger partial charge in [-0.1, -0.05) is 0 Å². The molecule has 114 valence electrons. The van der Waals surface area contributed by atoms with Gasteiger partial charge in [-0.05, 0) is 38.6 Å². The van der Waals surface area contributed by atoms with E-state index in [2.05, 4.69) is 21.3 Å². The minimum Gasteiger partial charge on any atom is -0.380 e. The number of rotatable bonds is 11. The SMILES string of the molecule is CCOCCN(CCOCC)c1cc(CNC)ccn1. The molecule has 1 heterocycles. The van der Waals surface area contributed by atoms with Crippen LogP contribution >= 0.6 is 0 Å². The van der Waals surface area contributed by atoms with Crippen LogP contribution in [-0.4, -0.2) is 51.5 Å².